The third-order valence-electron chi connectivity index (χ3n) is 3.24. The van der Waals surface area contributed by atoms with Crippen LogP contribution in [-0.2, 0) is 19.5 Å². The van der Waals surface area contributed by atoms with Crippen molar-refractivity contribution in [2.45, 2.75) is 59.3 Å². The summed E-state index contributed by atoms with van der Waals surface area (Å²) < 4.78 is 0. The van der Waals surface area contributed by atoms with Gasteiger partial charge in [0.2, 0.25) is 0 Å². The van der Waals surface area contributed by atoms with E-state index >= 15 is 0 Å². The van der Waals surface area contributed by atoms with Crippen LogP contribution in [-0.4, -0.2) is 0 Å². The SMILES string of the molecule is Cc1ccc([N-]C2=CCCCC2)c(C)c1.[CH2-]CCC.[Zn+2]. The molecule has 1 aliphatic rings. The van der Waals surface area contributed by atoms with E-state index in [1.807, 2.05) is 0 Å². The minimum absolute atomic E-state index is 0. The van der Waals surface area contributed by atoms with Gasteiger partial charge in [-0.1, -0.05) is 49.1 Å². The molecule has 0 bridgehead atoms. The Hall–Kier alpha value is -0.617. The van der Waals surface area contributed by atoms with E-state index in [1.165, 1.54) is 42.5 Å². The van der Waals surface area contributed by atoms with Crippen LogP contribution >= 0.6 is 0 Å². The van der Waals surface area contributed by atoms with Crippen LogP contribution in [0.4, 0.5) is 5.69 Å². The van der Waals surface area contributed by atoms with Crippen molar-refractivity contribution < 1.29 is 19.5 Å². The zero-order chi connectivity index (χ0) is 14.1. The largest absolute Gasteiger partial charge is 2.00 e. The third kappa shape index (κ3) is 7.24. The van der Waals surface area contributed by atoms with E-state index in [1.54, 1.807) is 0 Å². The Balaban J connectivity index is 0.000000644. The van der Waals surface area contributed by atoms with Crippen molar-refractivity contribution >= 4 is 5.69 Å². The molecule has 0 atom stereocenters. The Morgan fingerprint density at radius 3 is 2.40 bits per heavy atom. The molecule has 0 aromatic heterocycles. The normalized spacial score (nSPS) is 13.5. The average molecular weight is 323 g/mol. The first-order chi connectivity index (χ1) is 9.17. The zero-order valence-electron chi connectivity index (χ0n) is 13.4. The Morgan fingerprint density at radius 2 is 1.90 bits per heavy atom. The molecule has 1 aliphatic carbocycles. The summed E-state index contributed by atoms with van der Waals surface area (Å²) in [6, 6.07) is 6.46. The van der Waals surface area contributed by atoms with Gasteiger partial charge >= 0.3 is 19.5 Å². The molecular weight excluding hydrogens is 296 g/mol. The molecule has 106 valence electrons. The number of nitrogens with zero attached hydrogens (tertiary/aromatic N) is 1. The summed E-state index contributed by atoms with van der Waals surface area (Å²) in [4.78, 5) is 0. The van der Waals surface area contributed by atoms with Crippen molar-refractivity contribution in [1.29, 1.82) is 0 Å². The second kappa shape index (κ2) is 11.1. The number of unbranched alkanes of at least 4 members (excludes halogenated alkanes) is 1. The summed E-state index contributed by atoms with van der Waals surface area (Å²) in [6.07, 6.45) is 9.52. The van der Waals surface area contributed by atoms with Gasteiger partial charge < -0.3 is 12.2 Å². The summed E-state index contributed by atoms with van der Waals surface area (Å²) in [6.45, 7) is 9.98. The van der Waals surface area contributed by atoms with Crippen LogP contribution in [0.5, 0.6) is 0 Å². The molecule has 0 radical (unpaired) electrons. The van der Waals surface area contributed by atoms with Gasteiger partial charge in [0.15, 0.2) is 0 Å². The summed E-state index contributed by atoms with van der Waals surface area (Å²) in [5, 5.41) is 4.72. The number of aryl methyl sites for hydroxylation is 2. The van der Waals surface area contributed by atoms with E-state index < -0.39 is 0 Å². The molecule has 0 saturated carbocycles. The molecule has 0 heterocycles. The van der Waals surface area contributed by atoms with E-state index in [0.29, 0.717) is 0 Å². The van der Waals surface area contributed by atoms with Crippen LogP contribution in [0.2, 0.25) is 0 Å². The van der Waals surface area contributed by atoms with E-state index in [2.05, 4.69) is 52.0 Å². The molecule has 0 unspecified atom stereocenters. The Morgan fingerprint density at radius 1 is 1.20 bits per heavy atom. The third-order valence-corrected chi connectivity index (χ3v) is 3.24. The average Bonchev–Trinajstić information content (AvgIpc) is 2.43. The molecule has 2 heteroatoms. The first kappa shape index (κ1) is 19.4. The molecule has 20 heavy (non-hydrogen) atoms. The standard InChI is InChI=1S/C14H18N.C4H9.Zn/c1-11-8-9-14(12(2)10-11)15-13-6-4-3-5-7-13;1-3-4-2;/h6,8-10H,3-5,7H2,1-2H3;1,3-4H2,2H3;/q2*-1;+2. The van der Waals surface area contributed by atoms with Gasteiger partial charge in [0.1, 0.15) is 0 Å². The summed E-state index contributed by atoms with van der Waals surface area (Å²) in [5.74, 6) is 0. The van der Waals surface area contributed by atoms with Gasteiger partial charge in [-0.05, 0) is 33.1 Å². The van der Waals surface area contributed by atoms with Crippen LogP contribution in [0.15, 0.2) is 30.0 Å². The number of benzene rings is 1. The first-order valence-corrected chi connectivity index (χ1v) is 7.44. The van der Waals surface area contributed by atoms with E-state index in [-0.39, 0.29) is 19.5 Å². The zero-order valence-corrected chi connectivity index (χ0v) is 16.4. The molecule has 1 aromatic carbocycles. The fourth-order valence-corrected chi connectivity index (χ4v) is 2.01. The molecule has 1 nitrogen and oxygen atoms in total. The van der Waals surface area contributed by atoms with Gasteiger partial charge in [0, 0.05) is 0 Å². The van der Waals surface area contributed by atoms with E-state index in [0.717, 1.165) is 18.5 Å². The molecule has 0 saturated heterocycles. The molecule has 0 N–H and O–H groups in total. The van der Waals surface area contributed by atoms with Gasteiger partial charge in [-0.25, -0.2) is 0 Å². The number of allylic oxidation sites excluding steroid dienone is 2. The molecule has 1 aromatic rings. The quantitative estimate of drug-likeness (QED) is 0.452. The number of hydrogen-bond donors (Lipinski definition) is 0. The van der Waals surface area contributed by atoms with Crippen molar-refractivity contribution in [2.24, 2.45) is 0 Å². The molecule has 0 amide bonds. The Kier molecular flexibility index (Phi) is 10.7. The molecule has 0 fully saturated rings. The second-order valence-electron chi connectivity index (χ2n) is 5.20. The molecule has 2 rings (SSSR count). The van der Waals surface area contributed by atoms with Gasteiger partial charge in [-0.3, -0.25) is 0 Å². The Labute approximate surface area is 138 Å². The Bertz CT molecular complexity index is 408. The van der Waals surface area contributed by atoms with E-state index in [4.69, 9.17) is 5.32 Å². The maximum Gasteiger partial charge on any atom is 2.00 e. The molecule has 0 spiro atoms. The second-order valence-corrected chi connectivity index (χ2v) is 5.20. The van der Waals surface area contributed by atoms with Gasteiger partial charge in [0.25, 0.3) is 0 Å². The molecular formula is C18H27NZn. The summed E-state index contributed by atoms with van der Waals surface area (Å²) in [7, 11) is 0. The summed E-state index contributed by atoms with van der Waals surface area (Å²) in [5.41, 5.74) is 4.99. The van der Waals surface area contributed by atoms with Crippen LogP contribution in [0, 0.1) is 20.8 Å². The first-order valence-electron chi connectivity index (χ1n) is 7.44. The van der Waals surface area contributed by atoms with Crippen molar-refractivity contribution in [1.82, 2.24) is 0 Å². The number of hydrogen-bond acceptors (Lipinski definition) is 0. The van der Waals surface area contributed by atoms with Gasteiger partial charge in [-0.2, -0.15) is 12.1 Å². The minimum Gasteiger partial charge on any atom is -0.661 e. The van der Waals surface area contributed by atoms with Crippen LogP contribution in [0.1, 0.15) is 56.6 Å². The van der Waals surface area contributed by atoms with Crippen LogP contribution in [0.3, 0.4) is 0 Å². The maximum absolute atomic E-state index is 4.72. The predicted molar refractivity (Wildman–Crippen MR) is 85.8 cm³/mol. The van der Waals surface area contributed by atoms with Crippen molar-refractivity contribution in [3.8, 4) is 0 Å². The van der Waals surface area contributed by atoms with Crippen molar-refractivity contribution in [3.63, 3.8) is 0 Å². The molecule has 0 aliphatic heterocycles. The van der Waals surface area contributed by atoms with Gasteiger partial charge in [0.05, 0.1) is 0 Å². The van der Waals surface area contributed by atoms with Crippen molar-refractivity contribution in [3.05, 3.63) is 53.3 Å². The van der Waals surface area contributed by atoms with Gasteiger partial charge in [-0.15, -0.1) is 11.8 Å². The predicted octanol–water partition coefficient (Wildman–Crippen LogP) is 6.38. The smallest absolute Gasteiger partial charge is 0.661 e. The minimum atomic E-state index is 0. The van der Waals surface area contributed by atoms with Crippen LogP contribution < -0.4 is 0 Å². The van der Waals surface area contributed by atoms with Crippen LogP contribution in [0.25, 0.3) is 5.32 Å². The maximum atomic E-state index is 4.72. The van der Waals surface area contributed by atoms with Crippen molar-refractivity contribution in [2.75, 3.05) is 0 Å². The fraction of sp³-hybridized carbons (Fsp3) is 0.500. The summed E-state index contributed by atoms with van der Waals surface area (Å²) >= 11 is 0. The van der Waals surface area contributed by atoms with E-state index in [9.17, 15) is 0 Å². The fourth-order valence-electron chi connectivity index (χ4n) is 2.01. The topological polar surface area (TPSA) is 14.1 Å². The monoisotopic (exact) mass is 321 g/mol. The number of rotatable bonds is 3.